The maximum atomic E-state index is 12.7. The van der Waals surface area contributed by atoms with Crippen LogP contribution in [0, 0.1) is 0 Å². The first-order valence-corrected chi connectivity index (χ1v) is 6.13. The number of carbonyl (C=O) groups excluding carboxylic acids is 1. The van der Waals surface area contributed by atoms with Gasteiger partial charge in [0.2, 0.25) is 0 Å². The molecule has 0 aliphatic rings. The maximum absolute atomic E-state index is 12.7. The molecule has 0 aromatic heterocycles. The first-order valence-electron chi connectivity index (χ1n) is 6.13. The molecule has 0 heterocycles. The number of carbonyl (C=O) groups is 1. The molecule has 1 aromatic rings. The normalized spacial score (nSPS) is 13.6. The van der Waals surface area contributed by atoms with E-state index in [0.717, 1.165) is 12.1 Å². The second kappa shape index (κ2) is 6.19. The van der Waals surface area contributed by atoms with Gasteiger partial charge in [-0.2, -0.15) is 13.2 Å². The van der Waals surface area contributed by atoms with E-state index in [-0.39, 0.29) is 5.78 Å². The van der Waals surface area contributed by atoms with Crippen molar-refractivity contribution in [2.45, 2.75) is 32.0 Å². The molecule has 0 N–H and O–H groups in total. The second-order valence-corrected chi connectivity index (χ2v) is 4.71. The van der Waals surface area contributed by atoms with E-state index < -0.39 is 17.8 Å². The molecule has 1 atom stereocenters. The zero-order valence-corrected chi connectivity index (χ0v) is 11.3. The van der Waals surface area contributed by atoms with Gasteiger partial charge >= 0.3 is 6.18 Å². The van der Waals surface area contributed by atoms with E-state index >= 15 is 0 Å². The molecule has 0 saturated carbocycles. The van der Waals surface area contributed by atoms with Gasteiger partial charge in [0.05, 0.1) is 11.6 Å². The van der Waals surface area contributed by atoms with Gasteiger partial charge in [-0.3, -0.25) is 9.69 Å². The molecule has 5 heteroatoms. The molecule has 0 bridgehead atoms. The van der Waals surface area contributed by atoms with Crippen LogP contribution in [0.15, 0.2) is 24.3 Å². The summed E-state index contributed by atoms with van der Waals surface area (Å²) in [6.45, 7) is 1.87. The summed E-state index contributed by atoms with van der Waals surface area (Å²) in [5.41, 5.74) is -0.334. The minimum Gasteiger partial charge on any atom is -0.298 e. The third-order valence-electron chi connectivity index (χ3n) is 2.85. The van der Waals surface area contributed by atoms with Crippen molar-refractivity contribution >= 4 is 5.78 Å². The highest BCUT2D eigenvalue weighted by atomic mass is 19.4. The van der Waals surface area contributed by atoms with Crippen LogP contribution >= 0.6 is 0 Å². The number of benzene rings is 1. The summed E-state index contributed by atoms with van der Waals surface area (Å²) < 4.78 is 38.0. The molecule has 19 heavy (non-hydrogen) atoms. The molecule has 0 fully saturated rings. The first-order chi connectivity index (χ1) is 8.77. The Labute approximate surface area is 111 Å². The number of hydrogen-bond donors (Lipinski definition) is 0. The highest BCUT2D eigenvalue weighted by molar-refractivity contribution is 5.85. The van der Waals surface area contributed by atoms with E-state index in [9.17, 15) is 18.0 Å². The van der Waals surface area contributed by atoms with Gasteiger partial charge in [0.1, 0.15) is 0 Å². The molecule has 0 saturated heterocycles. The lowest BCUT2D eigenvalue weighted by Gasteiger charge is -2.24. The summed E-state index contributed by atoms with van der Waals surface area (Å²) in [5.74, 6) is -0.0631. The Morgan fingerprint density at radius 1 is 1.32 bits per heavy atom. The fourth-order valence-electron chi connectivity index (χ4n) is 2.04. The Bertz CT molecular complexity index is 441. The van der Waals surface area contributed by atoms with Crippen LogP contribution in [0.2, 0.25) is 0 Å². The molecular formula is C14H18F3NO. The summed E-state index contributed by atoms with van der Waals surface area (Å²) in [5, 5.41) is 0. The molecule has 1 aromatic carbocycles. The Morgan fingerprint density at radius 3 is 2.42 bits per heavy atom. The van der Waals surface area contributed by atoms with Crippen LogP contribution in [0.5, 0.6) is 0 Å². The third kappa shape index (κ3) is 4.06. The smallest absolute Gasteiger partial charge is 0.298 e. The average Bonchev–Trinajstić information content (AvgIpc) is 2.28. The average molecular weight is 273 g/mol. The molecule has 106 valence electrons. The van der Waals surface area contributed by atoms with Crippen molar-refractivity contribution in [2.75, 3.05) is 14.1 Å². The number of Topliss-reactive ketones (excluding diaryl/α,β-unsaturated/α-hetero) is 1. The molecule has 0 radical (unpaired) electrons. The van der Waals surface area contributed by atoms with Crippen molar-refractivity contribution in [3.63, 3.8) is 0 Å². The van der Waals surface area contributed by atoms with Crippen LogP contribution in [0.1, 0.15) is 36.9 Å². The summed E-state index contributed by atoms with van der Waals surface area (Å²) in [6, 6.07) is 4.35. The van der Waals surface area contributed by atoms with Crippen molar-refractivity contribution in [1.82, 2.24) is 4.90 Å². The first kappa shape index (κ1) is 15.7. The highest BCUT2D eigenvalue weighted by Gasteiger charge is 2.32. The van der Waals surface area contributed by atoms with E-state index in [2.05, 4.69) is 0 Å². The molecular weight excluding hydrogens is 255 g/mol. The van der Waals surface area contributed by atoms with Gasteiger partial charge in [-0.25, -0.2) is 0 Å². The minimum atomic E-state index is -4.39. The number of ketones is 1. The summed E-state index contributed by atoms with van der Waals surface area (Å²) in [4.78, 5) is 13.7. The molecule has 1 rings (SSSR count). The Hall–Kier alpha value is -1.36. The summed E-state index contributed by atoms with van der Waals surface area (Å²) in [7, 11) is 3.39. The fraction of sp³-hybridized carbons (Fsp3) is 0.500. The van der Waals surface area contributed by atoms with Gasteiger partial charge in [0.25, 0.3) is 0 Å². The standard InChI is InChI=1S/C14H18F3NO/c1-4-6-12(19)13(18(2)3)10-7-5-8-11(9-10)14(15,16)17/h5,7-9,13H,4,6H2,1-3H3. The predicted octanol–water partition coefficient (Wildman–Crippen LogP) is 3.68. The maximum Gasteiger partial charge on any atom is 0.416 e. The SMILES string of the molecule is CCCC(=O)C(c1cccc(C(F)(F)F)c1)N(C)C. The predicted molar refractivity (Wildman–Crippen MR) is 67.8 cm³/mol. The minimum absolute atomic E-state index is 0.0631. The van der Waals surface area contributed by atoms with Crippen LogP contribution in [0.25, 0.3) is 0 Å². The number of halogens is 3. The zero-order chi connectivity index (χ0) is 14.6. The van der Waals surface area contributed by atoms with Gasteiger partial charge in [-0.05, 0) is 38.2 Å². The topological polar surface area (TPSA) is 20.3 Å². The second-order valence-electron chi connectivity index (χ2n) is 4.71. The van der Waals surface area contributed by atoms with Gasteiger partial charge in [0.15, 0.2) is 5.78 Å². The van der Waals surface area contributed by atoms with E-state index in [1.807, 2.05) is 6.92 Å². The van der Waals surface area contributed by atoms with Crippen molar-refractivity contribution in [3.05, 3.63) is 35.4 Å². The Morgan fingerprint density at radius 2 is 1.95 bits per heavy atom. The lowest BCUT2D eigenvalue weighted by Crippen LogP contribution is -2.28. The number of alkyl halides is 3. The van der Waals surface area contributed by atoms with Gasteiger partial charge in [-0.1, -0.05) is 19.1 Å². The molecule has 0 aliphatic heterocycles. The van der Waals surface area contributed by atoms with Crippen LogP contribution in [-0.4, -0.2) is 24.8 Å². The van der Waals surface area contributed by atoms with Crippen molar-refractivity contribution in [2.24, 2.45) is 0 Å². The monoisotopic (exact) mass is 273 g/mol. The number of rotatable bonds is 5. The van der Waals surface area contributed by atoms with Gasteiger partial charge in [-0.15, -0.1) is 0 Å². The van der Waals surface area contributed by atoms with Crippen LogP contribution in [-0.2, 0) is 11.0 Å². The number of hydrogen-bond acceptors (Lipinski definition) is 2. The summed E-state index contributed by atoms with van der Waals surface area (Å²) >= 11 is 0. The van der Waals surface area contributed by atoms with E-state index in [4.69, 9.17) is 0 Å². The van der Waals surface area contributed by atoms with Crippen molar-refractivity contribution in [3.8, 4) is 0 Å². The lowest BCUT2D eigenvalue weighted by molar-refractivity contribution is -0.137. The molecule has 0 spiro atoms. The van der Waals surface area contributed by atoms with Crippen LogP contribution < -0.4 is 0 Å². The van der Waals surface area contributed by atoms with Gasteiger partial charge in [0, 0.05) is 6.42 Å². The Kier molecular flexibility index (Phi) is 5.11. The highest BCUT2D eigenvalue weighted by Crippen LogP contribution is 2.32. The quantitative estimate of drug-likeness (QED) is 0.815. The molecule has 2 nitrogen and oxygen atoms in total. The van der Waals surface area contributed by atoms with Crippen molar-refractivity contribution in [1.29, 1.82) is 0 Å². The third-order valence-corrected chi connectivity index (χ3v) is 2.85. The Balaban J connectivity index is 3.14. The summed E-state index contributed by atoms with van der Waals surface area (Å²) in [6.07, 6.45) is -3.35. The van der Waals surface area contributed by atoms with Gasteiger partial charge < -0.3 is 0 Å². The molecule has 0 amide bonds. The lowest BCUT2D eigenvalue weighted by atomic mass is 9.97. The molecule has 1 unspecified atom stereocenters. The van der Waals surface area contributed by atoms with E-state index in [0.29, 0.717) is 18.4 Å². The fourth-order valence-corrected chi connectivity index (χ4v) is 2.04. The van der Waals surface area contributed by atoms with Crippen molar-refractivity contribution < 1.29 is 18.0 Å². The molecule has 0 aliphatic carbocycles. The van der Waals surface area contributed by atoms with E-state index in [1.54, 1.807) is 25.1 Å². The van der Waals surface area contributed by atoms with Crippen LogP contribution in [0.4, 0.5) is 13.2 Å². The number of nitrogens with zero attached hydrogens (tertiary/aromatic N) is 1. The van der Waals surface area contributed by atoms with Crippen LogP contribution in [0.3, 0.4) is 0 Å². The zero-order valence-electron chi connectivity index (χ0n) is 11.3. The van der Waals surface area contributed by atoms with E-state index in [1.165, 1.54) is 6.07 Å². The largest absolute Gasteiger partial charge is 0.416 e. The number of likely N-dealkylation sites (N-methyl/N-ethyl adjacent to an activating group) is 1.